The Balaban J connectivity index is 3.78. The fraction of sp³-hybridized carbons (Fsp3) is 0.833. The summed E-state index contributed by atoms with van der Waals surface area (Å²) in [5.41, 5.74) is 0. The molecule has 0 fully saturated rings. The van der Waals surface area contributed by atoms with Crippen LogP contribution in [0.15, 0.2) is 0 Å². The van der Waals surface area contributed by atoms with Crippen LogP contribution in [-0.2, 0) is 4.79 Å². The highest BCUT2D eigenvalue weighted by molar-refractivity contribution is 6.19. The van der Waals surface area contributed by atoms with E-state index in [4.69, 9.17) is 10.2 Å². The van der Waals surface area contributed by atoms with Gasteiger partial charge in [-0.15, -0.1) is 0 Å². The van der Waals surface area contributed by atoms with Gasteiger partial charge in [0.2, 0.25) is 5.91 Å². The molecule has 0 saturated carbocycles. The molecule has 0 aliphatic carbocycles. The number of aliphatic hydroxyl groups is 2. The maximum atomic E-state index is 10.8. The van der Waals surface area contributed by atoms with Crippen molar-refractivity contribution in [2.45, 2.75) is 25.4 Å². The Labute approximate surface area is 67.0 Å². The fourth-order valence-corrected chi connectivity index (χ4v) is 0.628. The first-order valence-electron chi connectivity index (χ1n) is 3.70. The van der Waals surface area contributed by atoms with Crippen molar-refractivity contribution < 1.29 is 15.0 Å². The largest absolute Gasteiger partial charge is 0.394 e. The molecule has 0 spiro atoms. The highest BCUT2D eigenvalue weighted by Crippen LogP contribution is 1.91. The van der Waals surface area contributed by atoms with Crippen molar-refractivity contribution in [1.82, 2.24) is 5.32 Å². The Morgan fingerprint density at radius 3 is 2.55 bits per heavy atom. The van der Waals surface area contributed by atoms with Crippen molar-refractivity contribution in [3.8, 4) is 0 Å². The lowest BCUT2D eigenvalue weighted by atomic mass is 10.0. The average molecular weight is 159 g/mol. The summed E-state index contributed by atoms with van der Waals surface area (Å²) in [7, 11) is 1.71. The zero-order valence-corrected chi connectivity index (χ0v) is 6.87. The van der Waals surface area contributed by atoms with E-state index in [9.17, 15) is 4.79 Å². The summed E-state index contributed by atoms with van der Waals surface area (Å²) in [5.74, 6) is -0.162. The van der Waals surface area contributed by atoms with Gasteiger partial charge in [-0.05, 0) is 13.2 Å². The standard InChI is InChI=1S/C6H14BNO3/c1-4(10)5(3-9)8-6(11)2-7/h4-5,9-10H,2-3,7H2,1H3,(H,8,11)/t4-,5-/m1/s1. The average Bonchev–Trinajstić information content (AvgIpc) is 1.99. The van der Waals surface area contributed by atoms with Crippen LogP contribution >= 0.6 is 0 Å². The Hall–Kier alpha value is -0.545. The van der Waals surface area contributed by atoms with Crippen molar-refractivity contribution in [1.29, 1.82) is 0 Å². The molecule has 0 aliphatic heterocycles. The number of amides is 1. The second-order valence-electron chi connectivity index (χ2n) is 2.45. The number of carbonyl (C=O) groups is 1. The normalized spacial score (nSPS) is 15.5. The maximum Gasteiger partial charge on any atom is 0.212 e. The van der Waals surface area contributed by atoms with Gasteiger partial charge in [0.1, 0.15) is 7.85 Å². The smallest absolute Gasteiger partial charge is 0.212 e. The molecule has 64 valence electrons. The molecule has 0 saturated heterocycles. The quantitative estimate of drug-likeness (QED) is 0.411. The lowest BCUT2D eigenvalue weighted by Crippen LogP contribution is -2.44. The van der Waals surface area contributed by atoms with Crippen molar-refractivity contribution in [2.75, 3.05) is 6.61 Å². The van der Waals surface area contributed by atoms with Crippen LogP contribution in [0, 0.1) is 0 Å². The number of hydrogen-bond donors (Lipinski definition) is 3. The SMILES string of the molecule is BCC(=O)N[C@H](CO)[C@@H](C)O. The fourth-order valence-electron chi connectivity index (χ4n) is 0.628. The van der Waals surface area contributed by atoms with E-state index in [1.807, 2.05) is 0 Å². The Kier molecular flexibility index (Phi) is 4.90. The summed E-state index contributed by atoms with van der Waals surface area (Å²) >= 11 is 0. The Morgan fingerprint density at radius 1 is 1.73 bits per heavy atom. The molecule has 3 N–H and O–H groups in total. The molecule has 1 amide bonds. The van der Waals surface area contributed by atoms with Crippen LogP contribution in [0.4, 0.5) is 0 Å². The van der Waals surface area contributed by atoms with E-state index in [0.717, 1.165) is 0 Å². The van der Waals surface area contributed by atoms with E-state index in [0.29, 0.717) is 6.32 Å². The first-order chi connectivity index (χ1) is 5.11. The third kappa shape index (κ3) is 4.00. The lowest BCUT2D eigenvalue weighted by Gasteiger charge is -2.18. The van der Waals surface area contributed by atoms with Crippen molar-refractivity contribution in [2.24, 2.45) is 0 Å². The summed E-state index contributed by atoms with van der Waals surface area (Å²) < 4.78 is 0. The van der Waals surface area contributed by atoms with Gasteiger partial charge in [-0.1, -0.05) is 0 Å². The van der Waals surface area contributed by atoms with Crippen molar-refractivity contribution >= 4 is 13.8 Å². The van der Waals surface area contributed by atoms with Crippen LogP contribution in [0.5, 0.6) is 0 Å². The van der Waals surface area contributed by atoms with Gasteiger partial charge in [0.05, 0.1) is 18.8 Å². The minimum Gasteiger partial charge on any atom is -0.394 e. The van der Waals surface area contributed by atoms with Gasteiger partial charge in [-0.25, -0.2) is 0 Å². The summed E-state index contributed by atoms with van der Waals surface area (Å²) in [6.07, 6.45) is -0.348. The van der Waals surface area contributed by atoms with Crippen molar-refractivity contribution in [3.05, 3.63) is 0 Å². The number of hydrogen-bond acceptors (Lipinski definition) is 3. The Morgan fingerprint density at radius 2 is 2.27 bits per heavy atom. The van der Waals surface area contributed by atoms with Crippen LogP contribution in [-0.4, -0.2) is 42.7 Å². The molecule has 0 unspecified atom stereocenters. The highest BCUT2D eigenvalue weighted by atomic mass is 16.3. The first kappa shape index (κ1) is 10.5. The maximum absolute atomic E-state index is 10.8. The molecule has 0 heterocycles. The van der Waals surface area contributed by atoms with E-state index < -0.39 is 12.1 Å². The van der Waals surface area contributed by atoms with E-state index in [-0.39, 0.29) is 12.5 Å². The number of nitrogens with one attached hydrogen (secondary N) is 1. The molecule has 0 aromatic heterocycles. The molecule has 0 aromatic carbocycles. The van der Waals surface area contributed by atoms with Crippen LogP contribution < -0.4 is 5.32 Å². The lowest BCUT2D eigenvalue weighted by molar-refractivity contribution is -0.120. The highest BCUT2D eigenvalue weighted by Gasteiger charge is 2.14. The molecule has 5 heteroatoms. The molecule has 0 aliphatic rings. The third-order valence-electron chi connectivity index (χ3n) is 1.45. The molecule has 2 atom stereocenters. The monoisotopic (exact) mass is 159 g/mol. The molecule has 0 rings (SSSR count). The molecular weight excluding hydrogens is 145 g/mol. The van der Waals surface area contributed by atoms with Gasteiger partial charge in [-0.3, -0.25) is 4.79 Å². The molecule has 4 nitrogen and oxygen atoms in total. The zero-order valence-electron chi connectivity index (χ0n) is 6.87. The van der Waals surface area contributed by atoms with Crippen molar-refractivity contribution in [3.63, 3.8) is 0 Å². The minimum atomic E-state index is -0.713. The molecule has 11 heavy (non-hydrogen) atoms. The molecule has 0 bridgehead atoms. The summed E-state index contributed by atoms with van der Waals surface area (Å²) in [6, 6.07) is -0.539. The van der Waals surface area contributed by atoms with E-state index in [2.05, 4.69) is 5.32 Å². The Bertz CT molecular complexity index is 129. The number of aliphatic hydroxyl groups excluding tert-OH is 2. The second-order valence-corrected chi connectivity index (χ2v) is 2.45. The zero-order chi connectivity index (χ0) is 8.85. The number of rotatable bonds is 4. The third-order valence-corrected chi connectivity index (χ3v) is 1.45. The molecule has 0 radical (unpaired) electrons. The molecule has 0 aromatic rings. The van der Waals surface area contributed by atoms with Gasteiger partial charge in [0, 0.05) is 0 Å². The minimum absolute atomic E-state index is 0.162. The van der Waals surface area contributed by atoms with Crippen LogP contribution in [0.25, 0.3) is 0 Å². The second kappa shape index (κ2) is 5.15. The van der Waals surface area contributed by atoms with Gasteiger partial charge >= 0.3 is 0 Å². The van der Waals surface area contributed by atoms with E-state index >= 15 is 0 Å². The van der Waals surface area contributed by atoms with Gasteiger partial charge < -0.3 is 15.5 Å². The van der Waals surface area contributed by atoms with E-state index in [1.54, 1.807) is 7.85 Å². The summed E-state index contributed by atoms with van der Waals surface area (Å²) in [5, 5.41) is 20.1. The summed E-state index contributed by atoms with van der Waals surface area (Å²) in [6.45, 7) is 1.29. The van der Waals surface area contributed by atoms with Gasteiger partial charge in [0.15, 0.2) is 0 Å². The van der Waals surface area contributed by atoms with Gasteiger partial charge in [0.25, 0.3) is 0 Å². The van der Waals surface area contributed by atoms with Crippen LogP contribution in [0.3, 0.4) is 0 Å². The van der Waals surface area contributed by atoms with Gasteiger partial charge in [-0.2, -0.15) is 0 Å². The molecular formula is C6H14BNO3. The predicted molar refractivity (Wildman–Crippen MR) is 44.0 cm³/mol. The van der Waals surface area contributed by atoms with Crippen LogP contribution in [0.2, 0.25) is 6.32 Å². The summed E-state index contributed by atoms with van der Waals surface area (Å²) in [4.78, 5) is 10.8. The van der Waals surface area contributed by atoms with Crippen LogP contribution in [0.1, 0.15) is 6.92 Å². The topological polar surface area (TPSA) is 69.6 Å². The first-order valence-corrected chi connectivity index (χ1v) is 3.70. The number of carbonyl (C=O) groups excluding carboxylic acids is 1. The van der Waals surface area contributed by atoms with E-state index in [1.165, 1.54) is 6.92 Å². The predicted octanol–water partition coefficient (Wildman–Crippen LogP) is -2.10.